The minimum atomic E-state index is 0.108. The third kappa shape index (κ3) is 3.00. The van der Waals surface area contributed by atoms with Gasteiger partial charge in [0.1, 0.15) is 0 Å². The molecule has 1 aliphatic heterocycles. The molecule has 1 N–H and O–H groups in total. The molecule has 0 unspecified atom stereocenters. The van der Waals surface area contributed by atoms with Crippen LogP contribution in [0.2, 0.25) is 0 Å². The van der Waals surface area contributed by atoms with Crippen LogP contribution in [0.15, 0.2) is 24.3 Å². The minimum Gasteiger partial charge on any atom is -0.334 e. The van der Waals surface area contributed by atoms with Gasteiger partial charge in [0.25, 0.3) is 0 Å². The molecule has 0 saturated carbocycles. The lowest BCUT2D eigenvalue weighted by Gasteiger charge is -2.33. The lowest BCUT2D eigenvalue weighted by atomic mass is 10.2. The maximum atomic E-state index is 11.7. The van der Waals surface area contributed by atoms with Crippen molar-refractivity contribution in [1.29, 1.82) is 0 Å². The van der Waals surface area contributed by atoms with Crippen molar-refractivity contribution in [2.75, 3.05) is 19.6 Å². The van der Waals surface area contributed by atoms with Gasteiger partial charge in [0.15, 0.2) is 0 Å². The van der Waals surface area contributed by atoms with E-state index in [0.29, 0.717) is 6.04 Å². The fourth-order valence-corrected chi connectivity index (χ4v) is 1.51. The highest BCUT2D eigenvalue weighted by Crippen LogP contribution is 2.03. The molecule has 1 amide bonds. The molecule has 0 spiro atoms. The molecule has 3 heteroatoms. The Hall–Kier alpha value is -1.09. The summed E-state index contributed by atoms with van der Waals surface area (Å²) in [6.45, 7) is 6.59. The number of nitrogens with zero attached hydrogens (tertiary/aromatic N) is 1. The molecule has 0 radical (unpaired) electrons. The average molecular weight is 194 g/mol. The van der Waals surface area contributed by atoms with E-state index in [4.69, 9.17) is 0 Å². The second kappa shape index (κ2) is 5.60. The molecule has 78 valence electrons. The zero-order chi connectivity index (χ0) is 10.4. The summed E-state index contributed by atoms with van der Waals surface area (Å²) in [7, 11) is 0. The predicted octanol–water partition coefficient (Wildman–Crippen LogP) is 0.939. The minimum absolute atomic E-state index is 0.108. The Bertz CT molecular complexity index is 246. The van der Waals surface area contributed by atoms with Gasteiger partial charge in [-0.1, -0.05) is 18.2 Å². The zero-order valence-electron chi connectivity index (χ0n) is 8.86. The molecule has 0 aromatic heterocycles. The van der Waals surface area contributed by atoms with E-state index in [-0.39, 0.29) is 5.91 Å². The number of carbonyl (C=O) groups is 1. The van der Waals surface area contributed by atoms with Crippen molar-refractivity contribution in [2.45, 2.75) is 19.9 Å². The lowest BCUT2D eigenvalue weighted by Crippen LogP contribution is -2.51. The first-order valence-corrected chi connectivity index (χ1v) is 5.06. The molecule has 0 bridgehead atoms. The van der Waals surface area contributed by atoms with Crippen LogP contribution in [0.3, 0.4) is 0 Å². The Morgan fingerprint density at radius 2 is 2.29 bits per heavy atom. The number of rotatable bonds is 2. The van der Waals surface area contributed by atoms with Crippen LogP contribution in [0.5, 0.6) is 0 Å². The highest BCUT2D eigenvalue weighted by Gasteiger charge is 2.20. The summed E-state index contributed by atoms with van der Waals surface area (Å²) in [5.74, 6) is 0.108. The summed E-state index contributed by atoms with van der Waals surface area (Å²) in [4.78, 5) is 13.6. The molecule has 0 aromatic carbocycles. The topological polar surface area (TPSA) is 32.3 Å². The molecule has 0 aliphatic carbocycles. The molecule has 1 heterocycles. The standard InChI is InChI=1S/C11H18N2O/c1-3-4-5-6-11(14)13-8-7-12-9-10(13)2/h3-6,10,12H,7-9H2,1-2H3/t10-/m1/s1. The van der Waals surface area contributed by atoms with Crippen molar-refractivity contribution >= 4 is 5.91 Å². The fraction of sp³-hybridized carbons (Fsp3) is 0.545. The van der Waals surface area contributed by atoms with Gasteiger partial charge in [-0.25, -0.2) is 0 Å². The van der Waals surface area contributed by atoms with Crippen molar-refractivity contribution < 1.29 is 4.79 Å². The summed E-state index contributed by atoms with van der Waals surface area (Å²) in [6.07, 6.45) is 7.19. The Kier molecular flexibility index (Phi) is 4.40. The van der Waals surface area contributed by atoms with Crippen molar-refractivity contribution in [2.24, 2.45) is 0 Å². The van der Waals surface area contributed by atoms with E-state index in [0.717, 1.165) is 19.6 Å². The highest BCUT2D eigenvalue weighted by molar-refractivity contribution is 5.88. The van der Waals surface area contributed by atoms with Crippen LogP contribution < -0.4 is 5.32 Å². The predicted molar refractivity (Wildman–Crippen MR) is 58.0 cm³/mol. The van der Waals surface area contributed by atoms with Crippen LogP contribution in [0.1, 0.15) is 13.8 Å². The van der Waals surface area contributed by atoms with Crippen LogP contribution >= 0.6 is 0 Å². The number of hydrogen-bond acceptors (Lipinski definition) is 2. The van der Waals surface area contributed by atoms with Gasteiger partial charge in [0.2, 0.25) is 5.91 Å². The molecule has 1 aliphatic rings. The summed E-state index contributed by atoms with van der Waals surface area (Å²) < 4.78 is 0. The summed E-state index contributed by atoms with van der Waals surface area (Å²) in [5, 5.41) is 3.25. The monoisotopic (exact) mass is 194 g/mol. The molecule has 14 heavy (non-hydrogen) atoms. The van der Waals surface area contributed by atoms with Gasteiger partial charge < -0.3 is 10.2 Å². The number of amides is 1. The van der Waals surface area contributed by atoms with Crippen molar-refractivity contribution in [3.63, 3.8) is 0 Å². The van der Waals surface area contributed by atoms with E-state index >= 15 is 0 Å². The van der Waals surface area contributed by atoms with Gasteiger partial charge in [-0.15, -0.1) is 0 Å². The summed E-state index contributed by atoms with van der Waals surface area (Å²) >= 11 is 0. The van der Waals surface area contributed by atoms with Crippen molar-refractivity contribution in [3.8, 4) is 0 Å². The quantitative estimate of drug-likeness (QED) is 0.524. The Morgan fingerprint density at radius 3 is 2.93 bits per heavy atom. The Labute approximate surface area is 85.5 Å². The van der Waals surface area contributed by atoms with Crippen molar-refractivity contribution in [3.05, 3.63) is 24.3 Å². The number of hydrogen-bond donors (Lipinski definition) is 1. The number of carbonyl (C=O) groups excluding carboxylic acids is 1. The molecular weight excluding hydrogens is 176 g/mol. The van der Waals surface area contributed by atoms with Gasteiger partial charge in [-0.3, -0.25) is 4.79 Å². The van der Waals surface area contributed by atoms with E-state index in [1.165, 1.54) is 0 Å². The Morgan fingerprint density at radius 1 is 1.50 bits per heavy atom. The third-order valence-electron chi connectivity index (χ3n) is 2.33. The van der Waals surface area contributed by atoms with Gasteiger partial charge in [-0.05, 0) is 13.8 Å². The van der Waals surface area contributed by atoms with Gasteiger partial charge in [-0.2, -0.15) is 0 Å². The van der Waals surface area contributed by atoms with E-state index in [2.05, 4.69) is 12.2 Å². The van der Waals surface area contributed by atoms with Crippen LogP contribution in [0.4, 0.5) is 0 Å². The molecule has 1 saturated heterocycles. The molecule has 1 fully saturated rings. The van der Waals surface area contributed by atoms with Gasteiger partial charge in [0, 0.05) is 31.8 Å². The number of allylic oxidation sites excluding steroid dienone is 3. The highest BCUT2D eigenvalue weighted by atomic mass is 16.2. The maximum Gasteiger partial charge on any atom is 0.246 e. The van der Waals surface area contributed by atoms with Crippen LogP contribution in [-0.2, 0) is 4.79 Å². The SMILES string of the molecule is CC=CC=CC(=O)N1CCNC[C@H]1C. The Balaban J connectivity index is 2.50. The first-order valence-electron chi connectivity index (χ1n) is 5.06. The lowest BCUT2D eigenvalue weighted by molar-refractivity contribution is -0.128. The third-order valence-corrected chi connectivity index (χ3v) is 2.33. The van der Waals surface area contributed by atoms with E-state index in [9.17, 15) is 4.79 Å². The molecule has 3 nitrogen and oxygen atoms in total. The smallest absolute Gasteiger partial charge is 0.246 e. The largest absolute Gasteiger partial charge is 0.334 e. The van der Waals surface area contributed by atoms with E-state index < -0.39 is 0 Å². The van der Waals surface area contributed by atoms with Crippen LogP contribution in [-0.4, -0.2) is 36.5 Å². The first-order chi connectivity index (χ1) is 6.75. The first kappa shape index (κ1) is 11.0. The van der Waals surface area contributed by atoms with Gasteiger partial charge in [0.05, 0.1) is 0 Å². The maximum absolute atomic E-state index is 11.7. The summed E-state index contributed by atoms with van der Waals surface area (Å²) in [6, 6.07) is 0.298. The molecule has 1 rings (SSSR count). The molecular formula is C11H18N2O. The molecule has 1 atom stereocenters. The van der Waals surface area contributed by atoms with Crippen LogP contribution in [0.25, 0.3) is 0 Å². The summed E-state index contributed by atoms with van der Waals surface area (Å²) in [5.41, 5.74) is 0. The second-order valence-electron chi connectivity index (χ2n) is 3.47. The second-order valence-corrected chi connectivity index (χ2v) is 3.47. The molecule has 0 aromatic rings. The fourth-order valence-electron chi connectivity index (χ4n) is 1.51. The number of nitrogens with one attached hydrogen (secondary N) is 1. The van der Waals surface area contributed by atoms with Gasteiger partial charge >= 0.3 is 0 Å². The van der Waals surface area contributed by atoms with E-state index in [1.807, 2.05) is 24.0 Å². The number of piperazine rings is 1. The van der Waals surface area contributed by atoms with Crippen molar-refractivity contribution in [1.82, 2.24) is 10.2 Å². The van der Waals surface area contributed by atoms with E-state index in [1.54, 1.807) is 12.2 Å². The normalized spacial score (nSPS) is 23.6. The zero-order valence-corrected chi connectivity index (χ0v) is 8.86. The average Bonchev–Trinajstić information content (AvgIpc) is 2.18. The van der Waals surface area contributed by atoms with Crippen LogP contribution in [0, 0.1) is 0 Å².